The van der Waals surface area contributed by atoms with E-state index in [-0.39, 0.29) is 0 Å². The molecular formula is C20H24N2O2. The Hall–Kier alpha value is -2.62. The Morgan fingerprint density at radius 2 is 1.79 bits per heavy atom. The van der Waals surface area contributed by atoms with Gasteiger partial charge in [0, 0.05) is 18.4 Å². The molecule has 24 heavy (non-hydrogen) atoms. The van der Waals surface area contributed by atoms with Crippen molar-refractivity contribution in [3.8, 4) is 0 Å². The zero-order valence-corrected chi connectivity index (χ0v) is 14.9. The number of nitrogens with zero attached hydrogens (tertiary/aromatic N) is 1. The van der Waals surface area contributed by atoms with Crippen molar-refractivity contribution in [2.75, 3.05) is 12.4 Å². The number of hydrogen-bond acceptors (Lipinski definition) is 3. The van der Waals surface area contributed by atoms with Crippen LogP contribution in [0.4, 0.5) is 10.5 Å². The molecule has 126 valence electrons. The predicted octanol–water partition coefficient (Wildman–Crippen LogP) is 4.92. The number of anilines is 1. The van der Waals surface area contributed by atoms with E-state index in [0.717, 1.165) is 22.4 Å². The minimum atomic E-state index is -0.751. The van der Waals surface area contributed by atoms with Gasteiger partial charge in [-0.2, -0.15) is 0 Å². The van der Waals surface area contributed by atoms with Crippen LogP contribution in [-0.2, 0) is 10.3 Å². The fourth-order valence-electron chi connectivity index (χ4n) is 2.32. The van der Waals surface area contributed by atoms with E-state index in [4.69, 9.17) is 4.74 Å². The first-order valence-corrected chi connectivity index (χ1v) is 7.93. The average Bonchev–Trinajstić information content (AvgIpc) is 2.56. The lowest BCUT2D eigenvalue weighted by atomic mass is 9.95. The molecule has 0 spiro atoms. The largest absolute Gasteiger partial charge is 0.438 e. The fraction of sp³-hybridized carbons (Fsp3) is 0.300. The van der Waals surface area contributed by atoms with Crippen LogP contribution in [0.5, 0.6) is 0 Å². The van der Waals surface area contributed by atoms with Crippen LogP contribution in [0.3, 0.4) is 0 Å². The number of benzene rings is 2. The molecule has 1 amide bonds. The summed E-state index contributed by atoms with van der Waals surface area (Å²) < 4.78 is 5.64. The summed E-state index contributed by atoms with van der Waals surface area (Å²) in [7, 11) is 1.76. The van der Waals surface area contributed by atoms with Crippen LogP contribution in [0.15, 0.2) is 53.5 Å². The van der Waals surface area contributed by atoms with Crippen LogP contribution in [-0.4, -0.2) is 18.9 Å². The molecule has 2 rings (SSSR count). The van der Waals surface area contributed by atoms with Gasteiger partial charge in [-0.25, -0.2) is 4.79 Å². The van der Waals surface area contributed by atoms with Crippen molar-refractivity contribution in [2.24, 2.45) is 4.99 Å². The summed E-state index contributed by atoms with van der Waals surface area (Å²) in [5, 5.41) is 2.76. The third-order valence-corrected chi connectivity index (χ3v) is 3.96. The van der Waals surface area contributed by atoms with E-state index in [1.807, 2.05) is 76.2 Å². The highest BCUT2D eigenvalue weighted by Gasteiger charge is 2.26. The zero-order chi connectivity index (χ0) is 17.7. The number of hydrogen-bond donors (Lipinski definition) is 1. The van der Waals surface area contributed by atoms with Gasteiger partial charge in [-0.15, -0.1) is 0 Å². The van der Waals surface area contributed by atoms with Gasteiger partial charge in [0.1, 0.15) is 5.60 Å². The number of carbonyl (C=O) groups is 1. The summed E-state index contributed by atoms with van der Waals surface area (Å²) in [5.74, 6) is 0. The summed E-state index contributed by atoms with van der Waals surface area (Å²) in [6.07, 6.45) is -0.477. The van der Waals surface area contributed by atoms with Crippen molar-refractivity contribution in [3.05, 3.63) is 65.2 Å². The second-order valence-electron chi connectivity index (χ2n) is 6.28. The molecule has 0 fully saturated rings. The predicted molar refractivity (Wildman–Crippen MR) is 98.9 cm³/mol. The van der Waals surface area contributed by atoms with Crippen LogP contribution in [0.1, 0.15) is 37.5 Å². The Morgan fingerprint density at radius 3 is 2.42 bits per heavy atom. The number of ether oxygens (including phenoxy) is 1. The van der Waals surface area contributed by atoms with Crippen LogP contribution in [0.25, 0.3) is 0 Å². The van der Waals surface area contributed by atoms with E-state index in [9.17, 15) is 4.79 Å². The number of aliphatic imine (C=N–C) groups is 1. The average molecular weight is 324 g/mol. The first-order chi connectivity index (χ1) is 11.3. The van der Waals surface area contributed by atoms with Crippen molar-refractivity contribution >= 4 is 17.5 Å². The number of aryl methyl sites for hydroxylation is 1. The summed E-state index contributed by atoms with van der Waals surface area (Å²) in [6, 6.07) is 15.5. The second-order valence-corrected chi connectivity index (χ2v) is 6.28. The Bertz CT molecular complexity index is 746. The lowest BCUT2D eigenvalue weighted by Crippen LogP contribution is -2.28. The van der Waals surface area contributed by atoms with E-state index in [1.54, 1.807) is 7.05 Å². The Kier molecular flexibility index (Phi) is 5.39. The van der Waals surface area contributed by atoms with E-state index in [1.165, 1.54) is 0 Å². The molecular weight excluding hydrogens is 300 g/mol. The van der Waals surface area contributed by atoms with Crippen molar-refractivity contribution in [3.63, 3.8) is 0 Å². The van der Waals surface area contributed by atoms with Gasteiger partial charge >= 0.3 is 6.09 Å². The normalized spacial score (nSPS) is 12.0. The molecule has 0 unspecified atom stereocenters. The molecule has 0 aromatic heterocycles. The number of amides is 1. The fourth-order valence-corrected chi connectivity index (χ4v) is 2.32. The molecule has 1 N–H and O–H groups in total. The molecule has 0 radical (unpaired) electrons. The third-order valence-electron chi connectivity index (χ3n) is 3.96. The van der Waals surface area contributed by atoms with Gasteiger partial charge in [0.15, 0.2) is 0 Å². The number of carbonyl (C=O) groups excluding carboxylic acids is 1. The van der Waals surface area contributed by atoms with Crippen molar-refractivity contribution < 1.29 is 9.53 Å². The summed E-state index contributed by atoms with van der Waals surface area (Å²) in [4.78, 5) is 16.4. The maximum atomic E-state index is 12.2. The summed E-state index contributed by atoms with van der Waals surface area (Å²) in [6.45, 7) is 7.70. The molecule has 0 bridgehead atoms. The zero-order valence-electron chi connectivity index (χ0n) is 14.9. The van der Waals surface area contributed by atoms with Crippen molar-refractivity contribution in [1.29, 1.82) is 0 Å². The lowest BCUT2D eigenvalue weighted by Gasteiger charge is -2.26. The minimum Gasteiger partial charge on any atom is -0.438 e. The Morgan fingerprint density at radius 1 is 1.12 bits per heavy atom. The second kappa shape index (κ2) is 7.30. The van der Waals surface area contributed by atoms with Crippen LogP contribution in [0, 0.1) is 6.92 Å². The quantitative estimate of drug-likeness (QED) is 0.812. The molecule has 0 saturated heterocycles. The number of rotatable bonds is 4. The molecule has 4 heteroatoms. The minimum absolute atomic E-state index is 0.477. The van der Waals surface area contributed by atoms with E-state index < -0.39 is 11.7 Å². The maximum Gasteiger partial charge on any atom is 0.412 e. The first-order valence-electron chi connectivity index (χ1n) is 7.93. The third kappa shape index (κ3) is 4.44. The van der Waals surface area contributed by atoms with E-state index in [0.29, 0.717) is 5.69 Å². The van der Waals surface area contributed by atoms with Gasteiger partial charge in [0.05, 0.1) is 0 Å². The van der Waals surface area contributed by atoms with Gasteiger partial charge in [-0.05, 0) is 57.0 Å². The van der Waals surface area contributed by atoms with Crippen molar-refractivity contribution in [2.45, 2.75) is 33.3 Å². The highest BCUT2D eigenvalue weighted by Crippen LogP contribution is 2.26. The van der Waals surface area contributed by atoms with E-state index >= 15 is 0 Å². The molecule has 2 aromatic rings. The standard InChI is InChI=1S/C20H24N2O2/c1-14-9-11-18(12-10-14)22-19(23)24-20(3,4)17-8-6-7-16(13-17)15(2)21-5/h6-13H,1-5H3,(H,22,23). The molecule has 0 aliphatic heterocycles. The van der Waals surface area contributed by atoms with Crippen molar-refractivity contribution in [1.82, 2.24) is 0 Å². The van der Waals surface area contributed by atoms with Crippen LogP contribution < -0.4 is 5.32 Å². The molecule has 0 aliphatic rings. The molecule has 0 saturated carbocycles. The smallest absolute Gasteiger partial charge is 0.412 e. The SMILES string of the molecule is CN=C(C)c1cccc(C(C)(C)OC(=O)Nc2ccc(C)cc2)c1. The first kappa shape index (κ1) is 17.7. The van der Waals surface area contributed by atoms with Gasteiger partial charge in [-0.1, -0.05) is 35.9 Å². The molecule has 0 heterocycles. The van der Waals surface area contributed by atoms with Gasteiger partial charge in [0.25, 0.3) is 0 Å². The maximum absolute atomic E-state index is 12.2. The topological polar surface area (TPSA) is 50.7 Å². The lowest BCUT2D eigenvalue weighted by molar-refractivity contribution is 0.0466. The Balaban J connectivity index is 2.12. The molecule has 0 atom stereocenters. The van der Waals surface area contributed by atoms with Crippen LogP contribution in [0.2, 0.25) is 0 Å². The monoisotopic (exact) mass is 324 g/mol. The van der Waals surface area contributed by atoms with E-state index in [2.05, 4.69) is 10.3 Å². The summed E-state index contributed by atoms with van der Waals surface area (Å²) >= 11 is 0. The number of nitrogens with one attached hydrogen (secondary N) is 1. The summed E-state index contributed by atoms with van der Waals surface area (Å²) in [5.41, 5.74) is 3.98. The molecule has 4 nitrogen and oxygen atoms in total. The highest BCUT2D eigenvalue weighted by molar-refractivity contribution is 5.98. The molecule has 2 aromatic carbocycles. The van der Waals surface area contributed by atoms with Gasteiger partial charge < -0.3 is 4.74 Å². The van der Waals surface area contributed by atoms with Gasteiger partial charge in [-0.3, -0.25) is 10.3 Å². The van der Waals surface area contributed by atoms with Crippen LogP contribution >= 0.6 is 0 Å². The van der Waals surface area contributed by atoms with Gasteiger partial charge in [0.2, 0.25) is 0 Å². The molecule has 0 aliphatic carbocycles. The Labute approximate surface area is 143 Å². The highest BCUT2D eigenvalue weighted by atomic mass is 16.6.